The van der Waals surface area contributed by atoms with Gasteiger partial charge in [0, 0.05) is 6.54 Å². The summed E-state index contributed by atoms with van der Waals surface area (Å²) in [7, 11) is 0. The zero-order chi connectivity index (χ0) is 11.4. The van der Waals surface area contributed by atoms with Crippen molar-refractivity contribution in [3.63, 3.8) is 0 Å². The van der Waals surface area contributed by atoms with Gasteiger partial charge in [-0.25, -0.2) is 0 Å². The van der Waals surface area contributed by atoms with E-state index in [1.165, 1.54) is 0 Å². The predicted molar refractivity (Wildman–Crippen MR) is 60.4 cm³/mol. The molecule has 0 bridgehead atoms. The minimum atomic E-state index is -0.880. The number of carbonyl (C=O) groups is 1. The van der Waals surface area contributed by atoms with E-state index in [9.17, 15) is 4.79 Å². The lowest BCUT2D eigenvalue weighted by molar-refractivity contribution is -0.139. The van der Waals surface area contributed by atoms with Crippen LogP contribution in [0.1, 0.15) is 12.5 Å². The second-order valence-electron chi connectivity index (χ2n) is 3.19. The van der Waals surface area contributed by atoms with Crippen molar-refractivity contribution in [2.75, 3.05) is 0 Å². The maximum atomic E-state index is 10.5. The van der Waals surface area contributed by atoms with Crippen molar-refractivity contribution >= 4 is 29.2 Å². The van der Waals surface area contributed by atoms with Crippen LogP contribution < -0.4 is 5.32 Å². The topological polar surface area (TPSA) is 49.3 Å². The molecule has 0 saturated carbocycles. The Bertz CT molecular complexity index is 368. The minimum Gasteiger partial charge on any atom is -0.480 e. The molecule has 82 valence electrons. The summed E-state index contributed by atoms with van der Waals surface area (Å²) in [5, 5.41) is 12.5. The third-order valence-electron chi connectivity index (χ3n) is 1.97. The van der Waals surface area contributed by atoms with Crippen molar-refractivity contribution in [3.8, 4) is 0 Å². The van der Waals surface area contributed by atoms with Crippen LogP contribution in [0, 0.1) is 0 Å². The number of halogens is 2. The van der Waals surface area contributed by atoms with Crippen molar-refractivity contribution in [1.29, 1.82) is 0 Å². The summed E-state index contributed by atoms with van der Waals surface area (Å²) >= 11 is 11.6. The Kier molecular flexibility index (Phi) is 4.39. The zero-order valence-electron chi connectivity index (χ0n) is 8.13. The smallest absolute Gasteiger partial charge is 0.320 e. The van der Waals surface area contributed by atoms with Crippen LogP contribution in [0.25, 0.3) is 0 Å². The van der Waals surface area contributed by atoms with E-state index in [-0.39, 0.29) is 0 Å². The largest absolute Gasteiger partial charge is 0.480 e. The number of nitrogens with one attached hydrogen (secondary N) is 1. The lowest BCUT2D eigenvalue weighted by Crippen LogP contribution is -2.33. The maximum absolute atomic E-state index is 10.5. The molecule has 0 saturated heterocycles. The highest BCUT2D eigenvalue weighted by Crippen LogP contribution is 2.22. The first-order chi connectivity index (χ1) is 7.00. The zero-order valence-corrected chi connectivity index (χ0v) is 9.64. The van der Waals surface area contributed by atoms with Gasteiger partial charge in [0.2, 0.25) is 0 Å². The molecule has 0 aliphatic heterocycles. The summed E-state index contributed by atoms with van der Waals surface area (Å²) in [6.45, 7) is 2.03. The molecule has 0 fully saturated rings. The molecule has 0 heterocycles. The average molecular weight is 248 g/mol. The van der Waals surface area contributed by atoms with Gasteiger partial charge in [-0.05, 0) is 24.6 Å². The van der Waals surface area contributed by atoms with Crippen LogP contribution in [0.2, 0.25) is 10.0 Å². The molecule has 1 rings (SSSR count). The van der Waals surface area contributed by atoms with Crippen molar-refractivity contribution in [2.45, 2.75) is 19.5 Å². The summed E-state index contributed by atoms with van der Waals surface area (Å²) in [6.07, 6.45) is 0. The third kappa shape index (κ3) is 3.70. The summed E-state index contributed by atoms with van der Waals surface area (Å²) in [5.74, 6) is -0.880. The first-order valence-electron chi connectivity index (χ1n) is 4.41. The molecule has 1 aromatic rings. The van der Waals surface area contributed by atoms with E-state index in [2.05, 4.69) is 5.32 Å². The number of hydrogen-bond donors (Lipinski definition) is 2. The summed E-state index contributed by atoms with van der Waals surface area (Å²) in [4.78, 5) is 10.5. The van der Waals surface area contributed by atoms with Crippen LogP contribution in [0.5, 0.6) is 0 Å². The van der Waals surface area contributed by atoms with Gasteiger partial charge in [-0.2, -0.15) is 0 Å². The molecule has 1 atom stereocenters. The lowest BCUT2D eigenvalue weighted by Gasteiger charge is -2.09. The predicted octanol–water partition coefficient (Wildman–Crippen LogP) is 2.56. The molecule has 0 aliphatic carbocycles. The summed E-state index contributed by atoms with van der Waals surface area (Å²) in [6, 6.07) is 4.62. The third-order valence-corrected chi connectivity index (χ3v) is 2.71. The molecule has 0 aromatic heterocycles. The van der Waals surface area contributed by atoms with Gasteiger partial charge in [-0.3, -0.25) is 4.79 Å². The van der Waals surface area contributed by atoms with E-state index >= 15 is 0 Å². The van der Waals surface area contributed by atoms with E-state index in [0.717, 1.165) is 5.56 Å². The van der Waals surface area contributed by atoms with Crippen LogP contribution in [0.15, 0.2) is 18.2 Å². The van der Waals surface area contributed by atoms with Crippen LogP contribution in [-0.4, -0.2) is 17.1 Å². The molecule has 0 radical (unpaired) electrons. The van der Waals surface area contributed by atoms with Crippen molar-refractivity contribution in [3.05, 3.63) is 33.8 Å². The Labute approximate surface area is 98.0 Å². The Morgan fingerprint density at radius 2 is 2.13 bits per heavy atom. The van der Waals surface area contributed by atoms with Gasteiger partial charge >= 0.3 is 5.97 Å². The Morgan fingerprint density at radius 3 is 2.67 bits per heavy atom. The second kappa shape index (κ2) is 5.35. The molecular weight excluding hydrogens is 237 g/mol. The van der Waals surface area contributed by atoms with Crippen LogP contribution in [0.4, 0.5) is 0 Å². The van der Waals surface area contributed by atoms with E-state index in [0.29, 0.717) is 16.6 Å². The average Bonchev–Trinajstić information content (AvgIpc) is 2.19. The monoisotopic (exact) mass is 247 g/mol. The highest BCUT2D eigenvalue weighted by molar-refractivity contribution is 6.42. The van der Waals surface area contributed by atoms with Crippen molar-refractivity contribution in [1.82, 2.24) is 5.32 Å². The standard InChI is InChI=1S/C10H11Cl2NO2/c1-6(10(14)15)13-5-7-2-3-8(11)9(12)4-7/h2-4,6,13H,5H2,1H3,(H,14,15)/t6-/m0/s1. The van der Waals surface area contributed by atoms with Gasteiger partial charge in [0.15, 0.2) is 0 Å². The number of carboxylic acid groups (broad SMARTS) is 1. The van der Waals surface area contributed by atoms with E-state index in [1.54, 1.807) is 25.1 Å². The maximum Gasteiger partial charge on any atom is 0.320 e. The second-order valence-corrected chi connectivity index (χ2v) is 4.00. The SMILES string of the molecule is C[C@H](NCc1ccc(Cl)c(Cl)c1)C(=O)O. The normalized spacial score (nSPS) is 12.5. The van der Waals surface area contributed by atoms with Crippen molar-refractivity contribution in [2.24, 2.45) is 0 Å². The van der Waals surface area contributed by atoms with E-state index in [1.807, 2.05) is 0 Å². The molecule has 0 unspecified atom stereocenters. The highest BCUT2D eigenvalue weighted by atomic mass is 35.5. The Balaban J connectivity index is 2.58. The van der Waals surface area contributed by atoms with Crippen LogP contribution in [-0.2, 0) is 11.3 Å². The fraction of sp³-hybridized carbons (Fsp3) is 0.300. The number of aliphatic carboxylic acids is 1. The quantitative estimate of drug-likeness (QED) is 0.860. The van der Waals surface area contributed by atoms with Gasteiger partial charge in [0.1, 0.15) is 6.04 Å². The first-order valence-corrected chi connectivity index (χ1v) is 5.16. The van der Waals surface area contributed by atoms with E-state index < -0.39 is 12.0 Å². The first kappa shape index (κ1) is 12.3. The molecule has 0 spiro atoms. The number of hydrogen-bond acceptors (Lipinski definition) is 2. The number of carboxylic acids is 1. The lowest BCUT2D eigenvalue weighted by atomic mass is 10.2. The van der Waals surface area contributed by atoms with Gasteiger partial charge in [-0.15, -0.1) is 0 Å². The molecule has 5 heteroatoms. The molecular formula is C10H11Cl2NO2. The molecule has 0 amide bonds. The minimum absolute atomic E-state index is 0.449. The fourth-order valence-electron chi connectivity index (χ4n) is 1.01. The Morgan fingerprint density at radius 1 is 1.47 bits per heavy atom. The molecule has 1 aromatic carbocycles. The Hall–Kier alpha value is -0.770. The van der Waals surface area contributed by atoms with Crippen LogP contribution in [0.3, 0.4) is 0 Å². The highest BCUT2D eigenvalue weighted by Gasteiger charge is 2.09. The summed E-state index contributed by atoms with van der Waals surface area (Å²) < 4.78 is 0. The molecule has 3 nitrogen and oxygen atoms in total. The molecule has 2 N–H and O–H groups in total. The van der Waals surface area contributed by atoms with Crippen molar-refractivity contribution < 1.29 is 9.90 Å². The molecule has 15 heavy (non-hydrogen) atoms. The number of rotatable bonds is 4. The van der Waals surface area contributed by atoms with Gasteiger partial charge in [0.25, 0.3) is 0 Å². The van der Waals surface area contributed by atoms with Gasteiger partial charge < -0.3 is 10.4 Å². The molecule has 0 aliphatic rings. The number of benzene rings is 1. The van der Waals surface area contributed by atoms with Gasteiger partial charge in [0.05, 0.1) is 10.0 Å². The van der Waals surface area contributed by atoms with Crippen LogP contribution >= 0.6 is 23.2 Å². The van der Waals surface area contributed by atoms with Gasteiger partial charge in [-0.1, -0.05) is 29.3 Å². The van der Waals surface area contributed by atoms with E-state index in [4.69, 9.17) is 28.3 Å². The fourth-order valence-corrected chi connectivity index (χ4v) is 1.33. The summed E-state index contributed by atoms with van der Waals surface area (Å²) in [5.41, 5.74) is 0.900.